The SMILES string of the molecule is CC1CC(C#N)(N=C=O)CCN1C. The van der Waals surface area contributed by atoms with E-state index in [1.807, 2.05) is 14.0 Å². The molecule has 0 spiro atoms. The van der Waals surface area contributed by atoms with E-state index < -0.39 is 5.54 Å². The molecule has 2 unspecified atom stereocenters. The average molecular weight is 179 g/mol. The lowest BCUT2D eigenvalue weighted by atomic mass is 9.86. The Morgan fingerprint density at radius 2 is 2.38 bits per heavy atom. The molecule has 0 amide bonds. The van der Waals surface area contributed by atoms with Crippen molar-refractivity contribution in [2.45, 2.75) is 31.3 Å². The van der Waals surface area contributed by atoms with Crippen molar-refractivity contribution in [1.82, 2.24) is 4.90 Å². The van der Waals surface area contributed by atoms with Crippen LogP contribution in [0.1, 0.15) is 19.8 Å². The third-order valence-corrected chi connectivity index (χ3v) is 2.73. The Bertz CT molecular complexity index is 277. The minimum Gasteiger partial charge on any atom is -0.303 e. The fraction of sp³-hybridized carbons (Fsp3) is 0.778. The molecule has 0 radical (unpaired) electrons. The quantitative estimate of drug-likeness (QED) is 0.439. The van der Waals surface area contributed by atoms with E-state index in [1.165, 1.54) is 6.08 Å². The van der Waals surface area contributed by atoms with E-state index in [4.69, 9.17) is 5.26 Å². The molecule has 0 aliphatic carbocycles. The first-order valence-corrected chi connectivity index (χ1v) is 4.34. The van der Waals surface area contributed by atoms with E-state index in [1.54, 1.807) is 0 Å². The van der Waals surface area contributed by atoms with Gasteiger partial charge in [0.15, 0.2) is 5.54 Å². The van der Waals surface area contributed by atoms with Gasteiger partial charge in [-0.15, -0.1) is 0 Å². The summed E-state index contributed by atoms with van der Waals surface area (Å²) >= 11 is 0. The van der Waals surface area contributed by atoms with Gasteiger partial charge in [0.1, 0.15) is 0 Å². The lowest BCUT2D eigenvalue weighted by molar-refractivity contribution is 0.159. The van der Waals surface area contributed by atoms with Crippen LogP contribution >= 0.6 is 0 Å². The summed E-state index contributed by atoms with van der Waals surface area (Å²) in [6.45, 7) is 2.84. The van der Waals surface area contributed by atoms with Crippen molar-refractivity contribution < 1.29 is 4.79 Å². The maximum atomic E-state index is 10.2. The lowest BCUT2D eigenvalue weighted by Gasteiger charge is -2.36. The molecule has 0 saturated carbocycles. The van der Waals surface area contributed by atoms with Crippen LogP contribution in [0, 0.1) is 11.3 Å². The van der Waals surface area contributed by atoms with Gasteiger partial charge in [-0.2, -0.15) is 10.3 Å². The minimum atomic E-state index is -0.812. The van der Waals surface area contributed by atoms with Crippen LogP contribution in [-0.4, -0.2) is 36.2 Å². The van der Waals surface area contributed by atoms with Gasteiger partial charge in [0.25, 0.3) is 0 Å². The minimum absolute atomic E-state index is 0.297. The number of hydrogen-bond donors (Lipinski definition) is 0. The van der Waals surface area contributed by atoms with Gasteiger partial charge in [-0.1, -0.05) is 0 Å². The number of aliphatic imine (C=N–C) groups is 1. The zero-order chi connectivity index (χ0) is 9.90. The Hall–Kier alpha value is -1.17. The summed E-state index contributed by atoms with van der Waals surface area (Å²) in [5.74, 6) is 0. The summed E-state index contributed by atoms with van der Waals surface area (Å²) < 4.78 is 0. The molecule has 2 atom stereocenters. The number of piperidine rings is 1. The molecule has 4 nitrogen and oxygen atoms in total. The van der Waals surface area contributed by atoms with Gasteiger partial charge < -0.3 is 4.90 Å². The van der Waals surface area contributed by atoms with E-state index in [0.29, 0.717) is 18.9 Å². The van der Waals surface area contributed by atoms with E-state index in [9.17, 15) is 4.79 Å². The normalized spacial score (nSPS) is 34.7. The summed E-state index contributed by atoms with van der Waals surface area (Å²) in [6, 6.07) is 2.41. The van der Waals surface area contributed by atoms with Crippen molar-refractivity contribution in [3.8, 4) is 6.07 Å². The van der Waals surface area contributed by atoms with Crippen molar-refractivity contribution >= 4 is 6.08 Å². The summed E-state index contributed by atoms with van der Waals surface area (Å²) in [6.07, 6.45) is 2.74. The van der Waals surface area contributed by atoms with Crippen molar-refractivity contribution in [1.29, 1.82) is 5.26 Å². The number of nitriles is 1. The zero-order valence-corrected chi connectivity index (χ0v) is 7.95. The smallest absolute Gasteiger partial charge is 0.236 e. The molecule has 0 N–H and O–H groups in total. The van der Waals surface area contributed by atoms with Crippen molar-refractivity contribution in [3.05, 3.63) is 0 Å². The highest BCUT2D eigenvalue weighted by molar-refractivity contribution is 5.37. The molecule has 1 rings (SSSR count). The second kappa shape index (κ2) is 3.69. The number of likely N-dealkylation sites (tertiary alicyclic amines) is 1. The fourth-order valence-corrected chi connectivity index (χ4v) is 1.64. The van der Waals surface area contributed by atoms with Gasteiger partial charge in [0, 0.05) is 19.0 Å². The first-order valence-electron chi connectivity index (χ1n) is 4.34. The van der Waals surface area contributed by atoms with Crippen LogP contribution in [0.25, 0.3) is 0 Å². The Balaban J connectivity index is 2.82. The number of nitrogens with zero attached hydrogens (tertiary/aromatic N) is 3. The number of hydrogen-bond acceptors (Lipinski definition) is 4. The molecule has 1 aliphatic rings. The molecule has 0 aromatic heterocycles. The van der Waals surface area contributed by atoms with E-state index in [2.05, 4.69) is 16.0 Å². The number of carbonyl (C=O) groups excluding carboxylic acids is 1. The third kappa shape index (κ3) is 1.95. The van der Waals surface area contributed by atoms with Crippen molar-refractivity contribution in [2.75, 3.05) is 13.6 Å². The molecular weight excluding hydrogens is 166 g/mol. The molecular formula is C9H13N3O. The predicted octanol–water partition coefficient (Wildman–Crippen LogP) is 0.699. The summed E-state index contributed by atoms with van der Waals surface area (Å²) in [5, 5.41) is 8.94. The van der Waals surface area contributed by atoms with E-state index >= 15 is 0 Å². The monoisotopic (exact) mass is 179 g/mol. The maximum absolute atomic E-state index is 10.2. The second-order valence-corrected chi connectivity index (χ2v) is 3.63. The van der Waals surface area contributed by atoms with Crippen LogP contribution in [0.15, 0.2) is 4.99 Å². The van der Waals surface area contributed by atoms with E-state index in [-0.39, 0.29) is 0 Å². The molecule has 1 fully saturated rings. The average Bonchev–Trinajstić information content (AvgIpc) is 2.12. The number of isocyanates is 1. The Labute approximate surface area is 77.9 Å². The summed E-state index contributed by atoms with van der Waals surface area (Å²) in [5.41, 5.74) is -0.812. The second-order valence-electron chi connectivity index (χ2n) is 3.63. The van der Waals surface area contributed by atoms with Gasteiger partial charge >= 0.3 is 0 Å². The van der Waals surface area contributed by atoms with Crippen LogP contribution in [0.2, 0.25) is 0 Å². The highest BCUT2D eigenvalue weighted by Gasteiger charge is 2.37. The molecule has 1 saturated heterocycles. The van der Waals surface area contributed by atoms with Crippen molar-refractivity contribution in [2.24, 2.45) is 4.99 Å². The van der Waals surface area contributed by atoms with Gasteiger partial charge in [-0.05, 0) is 20.4 Å². The highest BCUT2D eigenvalue weighted by Crippen LogP contribution is 2.28. The fourth-order valence-electron chi connectivity index (χ4n) is 1.64. The first-order chi connectivity index (χ1) is 6.13. The Morgan fingerprint density at radius 1 is 1.69 bits per heavy atom. The molecule has 0 bridgehead atoms. The van der Waals surface area contributed by atoms with Gasteiger partial charge in [0.05, 0.1) is 6.07 Å². The molecule has 13 heavy (non-hydrogen) atoms. The van der Waals surface area contributed by atoms with Gasteiger partial charge in [-0.3, -0.25) is 0 Å². The predicted molar refractivity (Wildman–Crippen MR) is 47.8 cm³/mol. The van der Waals surface area contributed by atoms with Crippen LogP contribution in [0.4, 0.5) is 0 Å². The van der Waals surface area contributed by atoms with E-state index in [0.717, 1.165) is 6.54 Å². The Morgan fingerprint density at radius 3 is 2.85 bits per heavy atom. The Kier molecular flexibility index (Phi) is 2.82. The molecule has 70 valence electrons. The standard InChI is InChI=1S/C9H13N3O/c1-8-5-9(6-10,11-7-13)3-4-12(8)2/h8H,3-5H2,1-2H3. The first kappa shape index (κ1) is 9.91. The zero-order valence-electron chi connectivity index (χ0n) is 7.95. The molecule has 4 heteroatoms. The maximum Gasteiger partial charge on any atom is 0.236 e. The van der Waals surface area contributed by atoms with Gasteiger partial charge in [0.2, 0.25) is 6.08 Å². The third-order valence-electron chi connectivity index (χ3n) is 2.73. The van der Waals surface area contributed by atoms with Crippen LogP contribution in [0.3, 0.4) is 0 Å². The highest BCUT2D eigenvalue weighted by atomic mass is 16.1. The lowest BCUT2D eigenvalue weighted by Crippen LogP contribution is -2.45. The number of rotatable bonds is 1. The summed E-state index contributed by atoms with van der Waals surface area (Å²) in [4.78, 5) is 16.0. The summed E-state index contributed by atoms with van der Waals surface area (Å²) in [7, 11) is 2.01. The van der Waals surface area contributed by atoms with Crippen LogP contribution in [0.5, 0.6) is 0 Å². The molecule has 0 aromatic carbocycles. The molecule has 1 heterocycles. The molecule has 0 aromatic rings. The van der Waals surface area contributed by atoms with Crippen LogP contribution < -0.4 is 0 Å². The van der Waals surface area contributed by atoms with Gasteiger partial charge in [-0.25, -0.2) is 4.79 Å². The van der Waals surface area contributed by atoms with Crippen LogP contribution in [-0.2, 0) is 4.79 Å². The van der Waals surface area contributed by atoms with Crippen molar-refractivity contribution in [3.63, 3.8) is 0 Å². The molecule has 1 aliphatic heterocycles. The largest absolute Gasteiger partial charge is 0.303 e. The topological polar surface area (TPSA) is 56.5 Å².